The van der Waals surface area contributed by atoms with Crippen LogP contribution in [-0.4, -0.2) is 41.4 Å². The number of aliphatic imine (C=N–C) groups is 1. The molecule has 0 aromatic carbocycles. The average Bonchev–Trinajstić information content (AvgIpc) is 3.53. The van der Waals surface area contributed by atoms with E-state index in [4.69, 9.17) is 0 Å². The van der Waals surface area contributed by atoms with Crippen molar-refractivity contribution >= 4 is 11.7 Å². The minimum atomic E-state index is -0.493. The van der Waals surface area contributed by atoms with Gasteiger partial charge in [0.25, 0.3) is 5.91 Å². The molecule has 0 radical (unpaired) electrons. The maximum atomic E-state index is 12.4. The van der Waals surface area contributed by atoms with Crippen LogP contribution in [0.2, 0.25) is 0 Å². The van der Waals surface area contributed by atoms with Crippen molar-refractivity contribution in [2.45, 2.75) is 46.7 Å². The Bertz CT molecular complexity index is 3250. The van der Waals surface area contributed by atoms with E-state index < -0.39 is 5.91 Å². The molecule has 4 heteroatoms. The normalized spacial score (nSPS) is 11.2. The summed E-state index contributed by atoms with van der Waals surface area (Å²) in [4.78, 5) is 17.0. The lowest BCUT2D eigenvalue weighted by Crippen LogP contribution is -2.59. The summed E-state index contributed by atoms with van der Waals surface area (Å²) in [5, 5.41) is 2.80. The van der Waals surface area contributed by atoms with Crippen LogP contribution in [0, 0.1) is 261 Å². The monoisotopic (exact) mass is 740 g/mol. The molecule has 0 aromatic heterocycles. The van der Waals surface area contributed by atoms with Crippen LogP contribution in [0.25, 0.3) is 0 Å². The lowest BCUT2D eigenvalue weighted by atomic mass is 10.1. The van der Waals surface area contributed by atoms with Crippen molar-refractivity contribution in [3.63, 3.8) is 0 Å². The highest BCUT2D eigenvalue weighted by molar-refractivity contribution is 5.94. The molecule has 1 aliphatic rings. The van der Waals surface area contributed by atoms with E-state index in [0.29, 0.717) is 6.54 Å². The van der Waals surface area contributed by atoms with Crippen LogP contribution in [0.15, 0.2) is 4.99 Å². The molecule has 1 heterocycles. The third kappa shape index (κ3) is 23.6. The van der Waals surface area contributed by atoms with E-state index in [1.165, 1.54) is 0 Å². The second kappa shape index (κ2) is 33.3. The zero-order valence-corrected chi connectivity index (χ0v) is 32.4. The van der Waals surface area contributed by atoms with Gasteiger partial charge in [-0.2, -0.15) is 4.48 Å². The SMILES string of the molecule is CC#CC#CC#CC#CC#CC#CC#CC#CC#CC#CC#CC#C[N+]1(C(C)CNC(=O)C#CC#CC#CC#CC#CC#CC#CC#CC#CC#CC)C(C)=NCC1C. The fraction of sp³-hybridized carbons (Fsp3) is 0.164. The molecule has 0 aromatic rings. The Morgan fingerprint density at radius 2 is 0.780 bits per heavy atom. The van der Waals surface area contributed by atoms with Gasteiger partial charge in [-0.3, -0.25) is 4.79 Å². The van der Waals surface area contributed by atoms with E-state index in [0.717, 1.165) is 5.84 Å². The van der Waals surface area contributed by atoms with Crippen LogP contribution >= 0.6 is 0 Å². The molecule has 59 heavy (non-hydrogen) atoms. The predicted octanol–water partition coefficient (Wildman–Crippen LogP) is 1.20. The third-order valence-electron chi connectivity index (χ3n) is 6.11. The van der Waals surface area contributed by atoms with Crippen molar-refractivity contribution in [3.8, 4) is 261 Å². The van der Waals surface area contributed by atoms with Crippen molar-refractivity contribution in [3.05, 3.63) is 0 Å². The number of amidine groups is 1. The van der Waals surface area contributed by atoms with E-state index in [9.17, 15) is 4.79 Å². The molecule has 3 atom stereocenters. The Labute approximate surface area is 350 Å². The molecule has 0 fully saturated rings. The van der Waals surface area contributed by atoms with Crippen LogP contribution in [0.5, 0.6) is 0 Å². The van der Waals surface area contributed by atoms with Crippen molar-refractivity contribution in [1.82, 2.24) is 5.32 Å². The molecule has 0 aliphatic carbocycles. The van der Waals surface area contributed by atoms with Crippen molar-refractivity contribution < 1.29 is 9.28 Å². The summed E-state index contributed by atoms with van der Waals surface area (Å²) < 4.78 is 0.237. The van der Waals surface area contributed by atoms with Crippen LogP contribution in [0.4, 0.5) is 0 Å². The number of quaternary nitrogens is 1. The van der Waals surface area contributed by atoms with E-state index in [-0.39, 0.29) is 23.1 Å². The van der Waals surface area contributed by atoms with E-state index in [1.54, 1.807) is 13.8 Å². The van der Waals surface area contributed by atoms with E-state index in [2.05, 4.69) is 271 Å². The molecule has 3 unspecified atom stereocenters. The molecule has 1 N–H and O–H groups in total. The van der Waals surface area contributed by atoms with E-state index >= 15 is 0 Å². The Balaban J connectivity index is 2.71. The summed E-state index contributed by atoms with van der Waals surface area (Å²) in [7, 11) is 0. The highest BCUT2D eigenvalue weighted by atomic mass is 16.1. The maximum absolute atomic E-state index is 12.4. The van der Waals surface area contributed by atoms with Gasteiger partial charge in [-0.1, -0.05) is 11.8 Å². The van der Waals surface area contributed by atoms with Gasteiger partial charge in [0.15, 0.2) is 6.04 Å². The standard InChI is InChI=1S/C55H21N3O/c1-6-8-10-12-14-16-18-20-22-24-26-27-28-29-31-33-35-37-39-41-43-45-47-49-58(52(3)50-56-54(58)5)53(4)51-57-55(59)48-46-44-42-40-38-36-34-32-30-25-23-21-19-17-15-13-11-9-7-2/h52-53H,50-51H2,1-5H3/p+1. The molecule has 1 rings (SSSR count). The molecule has 1 aliphatic heterocycles. The first-order valence-corrected chi connectivity index (χ1v) is 16.5. The molecule has 1 amide bonds. The van der Waals surface area contributed by atoms with Crippen molar-refractivity contribution in [2.24, 2.45) is 4.99 Å². The summed E-state index contributed by atoms with van der Waals surface area (Å²) in [6, 6.07) is 3.11. The Kier molecular flexibility index (Phi) is 26.2. The summed E-state index contributed by atoms with van der Waals surface area (Å²) in [6.07, 6.45) is 0. The lowest BCUT2D eigenvalue weighted by Gasteiger charge is -2.36. The van der Waals surface area contributed by atoms with Gasteiger partial charge in [0, 0.05) is 102 Å². The molecule has 262 valence electrons. The molecule has 0 bridgehead atoms. The average molecular weight is 741 g/mol. The van der Waals surface area contributed by atoms with Crippen molar-refractivity contribution in [1.29, 1.82) is 0 Å². The number of rotatable bonds is 3. The Morgan fingerprint density at radius 3 is 1.05 bits per heavy atom. The number of hydrogen-bond acceptors (Lipinski definition) is 2. The molecule has 0 saturated heterocycles. The molecule has 0 spiro atoms. The van der Waals surface area contributed by atoms with Crippen LogP contribution < -0.4 is 5.32 Å². The minimum Gasteiger partial charge on any atom is -0.339 e. The Hall–Kier alpha value is -10.6. The minimum absolute atomic E-state index is 0.0421. The van der Waals surface area contributed by atoms with Gasteiger partial charge in [-0.05, 0) is 170 Å². The van der Waals surface area contributed by atoms with Gasteiger partial charge in [-0.25, -0.2) is 4.99 Å². The number of nitrogens with one attached hydrogen (secondary N) is 1. The van der Waals surface area contributed by atoms with Crippen molar-refractivity contribution in [2.75, 3.05) is 13.1 Å². The van der Waals surface area contributed by atoms with E-state index in [1.807, 2.05) is 20.8 Å². The molecule has 4 nitrogen and oxygen atoms in total. The number of amides is 1. The van der Waals surface area contributed by atoms with Crippen LogP contribution in [0.1, 0.15) is 34.6 Å². The molecular formula is C55H22N3O+. The van der Waals surface area contributed by atoms with Crippen LogP contribution in [0.3, 0.4) is 0 Å². The second-order valence-corrected chi connectivity index (χ2v) is 9.81. The highest BCUT2D eigenvalue weighted by Gasteiger charge is 2.46. The summed E-state index contributed by atoms with van der Waals surface area (Å²) in [5.74, 6) is 110. The fourth-order valence-corrected chi connectivity index (χ4v) is 3.77. The molecular weight excluding hydrogens is 719 g/mol. The summed E-state index contributed by atoms with van der Waals surface area (Å²) >= 11 is 0. The number of carbonyl (C=O) groups excluding carboxylic acids is 1. The van der Waals surface area contributed by atoms with Gasteiger partial charge >= 0.3 is 0 Å². The zero-order chi connectivity index (χ0) is 42.8. The van der Waals surface area contributed by atoms with Crippen LogP contribution in [-0.2, 0) is 4.79 Å². The van der Waals surface area contributed by atoms with Gasteiger partial charge in [0.1, 0.15) is 12.1 Å². The molecule has 0 saturated carbocycles. The first-order valence-electron chi connectivity index (χ1n) is 16.5. The van der Waals surface area contributed by atoms with Gasteiger partial charge in [0.05, 0.1) is 19.0 Å². The summed E-state index contributed by atoms with van der Waals surface area (Å²) in [6.45, 7) is 10.2. The number of hydrogen-bond donors (Lipinski definition) is 1. The largest absolute Gasteiger partial charge is 0.339 e. The number of carbonyl (C=O) groups is 1. The maximum Gasteiger partial charge on any atom is 0.297 e. The first-order chi connectivity index (χ1) is 29.0. The second-order valence-electron chi connectivity index (χ2n) is 9.81. The third-order valence-corrected chi connectivity index (χ3v) is 6.11. The first kappa shape index (κ1) is 46.4. The van der Waals surface area contributed by atoms with Gasteiger partial charge < -0.3 is 5.32 Å². The number of nitrogens with zero attached hydrogens (tertiary/aromatic N) is 2. The fourth-order valence-electron chi connectivity index (χ4n) is 3.77. The zero-order valence-electron chi connectivity index (χ0n) is 32.4. The topological polar surface area (TPSA) is 41.5 Å². The highest BCUT2D eigenvalue weighted by Crippen LogP contribution is 2.25. The smallest absolute Gasteiger partial charge is 0.297 e. The predicted molar refractivity (Wildman–Crippen MR) is 233 cm³/mol. The van der Waals surface area contributed by atoms with Gasteiger partial charge in [0.2, 0.25) is 5.84 Å². The summed E-state index contributed by atoms with van der Waals surface area (Å²) in [5.41, 5.74) is 0. The Morgan fingerprint density at radius 1 is 0.508 bits per heavy atom. The lowest BCUT2D eigenvalue weighted by molar-refractivity contribution is -0.814. The van der Waals surface area contributed by atoms with Gasteiger partial charge in [-0.15, -0.1) is 0 Å². The quantitative estimate of drug-likeness (QED) is 0.344.